The van der Waals surface area contributed by atoms with Gasteiger partial charge in [0.1, 0.15) is 6.61 Å². The maximum Gasteiger partial charge on any atom is 0.407 e. The lowest BCUT2D eigenvalue weighted by molar-refractivity contribution is 0.0566. The lowest BCUT2D eigenvalue weighted by Gasteiger charge is -2.31. The lowest BCUT2D eigenvalue weighted by atomic mass is 10.0. The van der Waals surface area contributed by atoms with Crippen LogP contribution in [0, 0.1) is 0 Å². The number of hydrogen-bond acceptors (Lipinski definition) is 6. The number of H-pyrrole nitrogens is 1. The van der Waals surface area contributed by atoms with E-state index in [9.17, 15) is 18.4 Å². The van der Waals surface area contributed by atoms with Crippen molar-refractivity contribution in [1.29, 1.82) is 0 Å². The number of alkyl carbamates (subject to hydrolysis) is 1. The number of nitrogens with one attached hydrogen (secondary N) is 2. The highest BCUT2D eigenvalue weighted by Gasteiger charge is 2.32. The van der Waals surface area contributed by atoms with E-state index in [1.54, 1.807) is 55.6 Å². The molecule has 2 aromatic carbocycles. The molecular formula is C29H29ClF2N8O3. The minimum Gasteiger partial charge on any atom is -0.447 e. The number of rotatable bonds is 10. The van der Waals surface area contributed by atoms with Gasteiger partial charge in [-0.15, -0.1) is 0 Å². The molecule has 1 fully saturated rings. The zero-order valence-electron chi connectivity index (χ0n) is 23.1. The molecule has 0 saturated heterocycles. The van der Waals surface area contributed by atoms with Gasteiger partial charge in [0.25, 0.3) is 5.91 Å². The maximum absolute atomic E-state index is 14.1. The largest absolute Gasteiger partial charge is 0.447 e. The first kappa shape index (κ1) is 29.7. The van der Waals surface area contributed by atoms with Crippen molar-refractivity contribution in [1.82, 2.24) is 30.0 Å². The number of imidazole rings is 1. The number of ether oxygens (including phenoxy) is 1. The molecule has 2 amide bonds. The number of nitrogens with two attached hydrogens (primary N) is 1. The van der Waals surface area contributed by atoms with E-state index in [0.29, 0.717) is 44.2 Å². The van der Waals surface area contributed by atoms with Crippen molar-refractivity contribution in [3.63, 3.8) is 0 Å². The molecule has 224 valence electrons. The predicted octanol–water partition coefficient (Wildman–Crippen LogP) is 5.40. The van der Waals surface area contributed by atoms with Crippen molar-refractivity contribution >= 4 is 29.6 Å². The molecule has 0 bridgehead atoms. The summed E-state index contributed by atoms with van der Waals surface area (Å²) in [6, 6.07) is 10.7. The number of aliphatic imine (C=N–C) groups is 1. The Labute approximate surface area is 250 Å². The van der Waals surface area contributed by atoms with Crippen LogP contribution in [0.1, 0.15) is 48.3 Å². The van der Waals surface area contributed by atoms with Crippen LogP contribution < -0.4 is 11.1 Å². The predicted molar refractivity (Wildman–Crippen MR) is 157 cm³/mol. The molecular weight excluding hydrogens is 582 g/mol. The molecule has 11 nitrogen and oxygen atoms in total. The molecule has 0 aliphatic heterocycles. The number of carbonyl (C=O) groups is 2. The molecule has 1 saturated carbocycles. The Morgan fingerprint density at radius 2 is 1.98 bits per heavy atom. The van der Waals surface area contributed by atoms with Gasteiger partial charge in [-0.2, -0.15) is 13.9 Å². The second kappa shape index (κ2) is 13.0. The average molecular weight is 611 g/mol. The van der Waals surface area contributed by atoms with E-state index in [2.05, 4.69) is 25.4 Å². The first-order valence-electron chi connectivity index (χ1n) is 13.5. The molecule has 1 atom stereocenters. The van der Waals surface area contributed by atoms with E-state index in [1.165, 1.54) is 23.6 Å². The van der Waals surface area contributed by atoms with Crippen LogP contribution in [-0.2, 0) is 4.74 Å². The van der Waals surface area contributed by atoms with Gasteiger partial charge in [0, 0.05) is 40.5 Å². The Morgan fingerprint density at radius 3 is 2.60 bits per heavy atom. The minimum absolute atomic E-state index is 0.0734. The number of alkyl halides is 2. The second-order valence-corrected chi connectivity index (χ2v) is 10.2. The Kier molecular flexibility index (Phi) is 9.00. The number of guanidine groups is 1. The summed E-state index contributed by atoms with van der Waals surface area (Å²) < 4.78 is 32.1. The Morgan fingerprint density at radius 1 is 1.21 bits per heavy atom. The first-order valence-corrected chi connectivity index (χ1v) is 13.9. The lowest BCUT2D eigenvalue weighted by Crippen LogP contribution is -2.46. The van der Waals surface area contributed by atoms with Crippen molar-refractivity contribution in [2.75, 3.05) is 13.2 Å². The number of nitrogens with zero attached hydrogens (tertiary/aromatic N) is 5. The van der Waals surface area contributed by atoms with Crippen molar-refractivity contribution in [3.05, 3.63) is 83.5 Å². The van der Waals surface area contributed by atoms with Crippen LogP contribution in [0.15, 0.2) is 72.4 Å². The summed E-state index contributed by atoms with van der Waals surface area (Å²) >= 11 is 6.50. The third kappa shape index (κ3) is 7.00. The van der Waals surface area contributed by atoms with Gasteiger partial charge >= 0.3 is 12.6 Å². The van der Waals surface area contributed by atoms with Crippen molar-refractivity contribution < 1.29 is 23.1 Å². The van der Waals surface area contributed by atoms with Crippen LogP contribution in [0.3, 0.4) is 0 Å². The van der Waals surface area contributed by atoms with Gasteiger partial charge in [0.05, 0.1) is 30.5 Å². The highest BCUT2D eigenvalue weighted by Crippen LogP contribution is 2.33. The van der Waals surface area contributed by atoms with Crippen molar-refractivity contribution in [3.8, 4) is 22.4 Å². The zero-order chi connectivity index (χ0) is 30.5. The fourth-order valence-corrected chi connectivity index (χ4v) is 4.67. The van der Waals surface area contributed by atoms with Crippen LogP contribution in [0.5, 0.6) is 0 Å². The van der Waals surface area contributed by atoms with E-state index >= 15 is 0 Å². The van der Waals surface area contributed by atoms with E-state index in [-0.39, 0.29) is 24.2 Å². The fourth-order valence-electron chi connectivity index (χ4n) is 4.45. The average Bonchev–Trinajstić information content (AvgIpc) is 3.42. The van der Waals surface area contributed by atoms with Gasteiger partial charge < -0.3 is 20.8 Å². The Hall–Kier alpha value is -4.78. The summed E-state index contributed by atoms with van der Waals surface area (Å²) in [4.78, 5) is 39.3. The summed E-state index contributed by atoms with van der Waals surface area (Å²) in [5.41, 5.74) is 9.53. The molecule has 4 N–H and O–H groups in total. The zero-order valence-corrected chi connectivity index (χ0v) is 23.8. The standard InChI is InChI=1S/C29H29ClF2N8O3/c1-2-35-28(33)40(26(41)18-5-3-17(4-6-18)20-12-37-39(14-20)27(31)32)25(15-43-29(42)38-21-8-9-21)19-7-10-23(30)22(11-19)24-13-34-16-36-24/h3-7,10-14,16,21,25,27H,2,8-9,15H2,1H3,(H2,33,35)(H,34,36)(H,38,42)/t25-/m1/s1. The Bertz CT molecular complexity index is 1600. The second-order valence-electron chi connectivity index (χ2n) is 9.81. The number of aromatic amines is 1. The maximum atomic E-state index is 14.1. The van der Waals surface area contributed by atoms with Crippen LogP contribution in [0.4, 0.5) is 13.6 Å². The van der Waals surface area contributed by atoms with Gasteiger partial charge in [0.2, 0.25) is 0 Å². The molecule has 43 heavy (non-hydrogen) atoms. The highest BCUT2D eigenvalue weighted by molar-refractivity contribution is 6.33. The first-order chi connectivity index (χ1) is 20.7. The van der Waals surface area contributed by atoms with Gasteiger partial charge in [-0.25, -0.2) is 14.5 Å². The van der Waals surface area contributed by atoms with E-state index < -0.39 is 24.6 Å². The molecule has 5 rings (SSSR count). The van der Waals surface area contributed by atoms with Crippen LogP contribution >= 0.6 is 11.6 Å². The summed E-state index contributed by atoms with van der Waals surface area (Å²) in [7, 11) is 0. The Balaban J connectivity index is 1.50. The normalized spacial score (nSPS) is 14.0. The number of benzene rings is 2. The van der Waals surface area contributed by atoms with Gasteiger partial charge in [-0.3, -0.25) is 14.7 Å². The third-order valence-electron chi connectivity index (χ3n) is 6.80. The van der Waals surface area contributed by atoms with Gasteiger partial charge in [-0.05, 0) is 55.2 Å². The number of carbonyl (C=O) groups excluding carboxylic acids is 2. The summed E-state index contributed by atoms with van der Waals surface area (Å²) in [6.07, 6.45) is 6.82. The molecule has 14 heteroatoms. The third-order valence-corrected chi connectivity index (χ3v) is 7.13. The molecule has 2 aromatic heterocycles. The molecule has 0 unspecified atom stereocenters. The highest BCUT2D eigenvalue weighted by atomic mass is 35.5. The van der Waals surface area contributed by atoms with Crippen LogP contribution in [-0.4, -0.2) is 61.8 Å². The van der Waals surface area contributed by atoms with Gasteiger partial charge in [-0.1, -0.05) is 29.8 Å². The number of amides is 2. The quantitative estimate of drug-likeness (QED) is 0.162. The molecule has 4 aromatic rings. The van der Waals surface area contributed by atoms with Gasteiger partial charge in [0.15, 0.2) is 5.96 Å². The number of aromatic nitrogens is 4. The molecule has 1 aliphatic rings. The number of hydrogen-bond donors (Lipinski definition) is 3. The monoisotopic (exact) mass is 610 g/mol. The summed E-state index contributed by atoms with van der Waals surface area (Å²) in [5.74, 6) is -0.595. The fraction of sp³-hybridized carbons (Fsp3) is 0.276. The van der Waals surface area contributed by atoms with Crippen molar-refractivity contribution in [2.24, 2.45) is 10.7 Å². The summed E-state index contributed by atoms with van der Waals surface area (Å²) in [5, 5.41) is 6.88. The molecule has 0 radical (unpaired) electrons. The topological polar surface area (TPSA) is 144 Å². The van der Waals surface area contributed by atoms with Crippen LogP contribution in [0.25, 0.3) is 22.4 Å². The van der Waals surface area contributed by atoms with E-state index in [1.807, 2.05) is 0 Å². The van der Waals surface area contributed by atoms with Crippen molar-refractivity contribution in [2.45, 2.75) is 38.4 Å². The minimum atomic E-state index is -2.77. The molecule has 0 spiro atoms. The molecule has 1 aliphatic carbocycles. The molecule has 2 heterocycles. The van der Waals surface area contributed by atoms with E-state index in [0.717, 1.165) is 12.8 Å². The SMILES string of the molecule is CCN=C(N)N(C(=O)c1ccc(-c2cnn(C(F)F)c2)cc1)[C@H](COC(=O)NC1CC1)c1ccc(Cl)c(-c2cnc[nH]2)c1. The summed E-state index contributed by atoms with van der Waals surface area (Å²) in [6.45, 7) is -0.939. The number of halogens is 3. The van der Waals surface area contributed by atoms with Crippen LogP contribution in [0.2, 0.25) is 5.02 Å². The van der Waals surface area contributed by atoms with E-state index in [4.69, 9.17) is 22.1 Å². The smallest absolute Gasteiger partial charge is 0.407 e.